The molecule has 6 heteroatoms. The van der Waals surface area contributed by atoms with Crippen molar-refractivity contribution >= 4 is 22.6 Å². The fourth-order valence-electron chi connectivity index (χ4n) is 3.30. The summed E-state index contributed by atoms with van der Waals surface area (Å²) in [7, 11) is 3.24. The van der Waals surface area contributed by atoms with Crippen molar-refractivity contribution in [1.82, 2.24) is 10.6 Å². The van der Waals surface area contributed by atoms with Gasteiger partial charge in [0.15, 0.2) is 0 Å². The van der Waals surface area contributed by atoms with Crippen LogP contribution in [0.3, 0.4) is 0 Å². The number of hydrogen-bond donors (Lipinski definition) is 2. The van der Waals surface area contributed by atoms with Gasteiger partial charge in [0.1, 0.15) is 11.5 Å². The molecule has 0 aliphatic heterocycles. The third-order valence-electron chi connectivity index (χ3n) is 4.89. The highest BCUT2D eigenvalue weighted by molar-refractivity contribution is 5.85. The molecular formula is C24H26N2O4. The highest BCUT2D eigenvalue weighted by atomic mass is 16.5. The Morgan fingerprint density at radius 3 is 2.17 bits per heavy atom. The Bertz CT molecular complexity index is 1030. The lowest BCUT2D eigenvalue weighted by atomic mass is 10.0. The zero-order valence-corrected chi connectivity index (χ0v) is 17.4. The van der Waals surface area contributed by atoms with Crippen molar-refractivity contribution in [3.63, 3.8) is 0 Å². The van der Waals surface area contributed by atoms with E-state index in [1.54, 1.807) is 14.2 Å². The molecule has 3 aromatic carbocycles. The van der Waals surface area contributed by atoms with Gasteiger partial charge in [-0.3, -0.25) is 9.59 Å². The van der Waals surface area contributed by atoms with Crippen LogP contribution in [0.5, 0.6) is 11.5 Å². The molecule has 30 heavy (non-hydrogen) atoms. The minimum Gasteiger partial charge on any atom is -0.497 e. The van der Waals surface area contributed by atoms with Gasteiger partial charge in [0.2, 0.25) is 11.8 Å². The minimum absolute atomic E-state index is 0.139. The fraction of sp³-hybridized carbons (Fsp3) is 0.250. The van der Waals surface area contributed by atoms with Gasteiger partial charge < -0.3 is 20.1 Å². The van der Waals surface area contributed by atoms with Crippen LogP contribution in [-0.4, -0.2) is 26.0 Å². The van der Waals surface area contributed by atoms with Gasteiger partial charge in [-0.25, -0.2) is 0 Å². The first-order valence-corrected chi connectivity index (χ1v) is 9.73. The van der Waals surface area contributed by atoms with E-state index in [1.165, 1.54) is 6.92 Å². The number of ether oxygens (including phenoxy) is 2. The Morgan fingerprint density at radius 2 is 1.50 bits per heavy atom. The Kier molecular flexibility index (Phi) is 6.91. The second-order valence-electron chi connectivity index (χ2n) is 7.05. The predicted octanol–water partition coefficient (Wildman–Crippen LogP) is 3.74. The van der Waals surface area contributed by atoms with Crippen LogP contribution < -0.4 is 20.1 Å². The largest absolute Gasteiger partial charge is 0.497 e. The first-order chi connectivity index (χ1) is 14.5. The van der Waals surface area contributed by atoms with E-state index in [2.05, 4.69) is 10.6 Å². The predicted molar refractivity (Wildman–Crippen MR) is 117 cm³/mol. The van der Waals surface area contributed by atoms with Gasteiger partial charge >= 0.3 is 0 Å². The third-order valence-corrected chi connectivity index (χ3v) is 4.89. The summed E-state index contributed by atoms with van der Waals surface area (Å²) in [6.45, 7) is 1.86. The standard InChI is InChI=1S/C24H26N2O4/c1-16(27)26-23(18-6-9-21(29-2)10-7-18)14-24(28)25-15-17-4-5-20-13-22(30-3)11-8-19(20)12-17/h4-13,23H,14-15H2,1-3H3,(H,25,28)(H,26,27). The molecule has 0 radical (unpaired) electrons. The van der Waals surface area contributed by atoms with E-state index >= 15 is 0 Å². The van der Waals surface area contributed by atoms with Crippen molar-refractivity contribution in [2.75, 3.05) is 14.2 Å². The van der Waals surface area contributed by atoms with Gasteiger partial charge in [-0.15, -0.1) is 0 Å². The average Bonchev–Trinajstić information content (AvgIpc) is 2.76. The number of carbonyl (C=O) groups excluding carboxylic acids is 2. The zero-order chi connectivity index (χ0) is 21.5. The number of fused-ring (bicyclic) bond motifs is 1. The van der Waals surface area contributed by atoms with Crippen LogP contribution in [0.1, 0.15) is 30.5 Å². The molecule has 0 saturated heterocycles. The molecule has 2 N–H and O–H groups in total. The quantitative estimate of drug-likeness (QED) is 0.598. The summed E-state index contributed by atoms with van der Waals surface area (Å²) in [5.74, 6) is 1.21. The van der Waals surface area contributed by atoms with Gasteiger partial charge in [-0.2, -0.15) is 0 Å². The first-order valence-electron chi connectivity index (χ1n) is 9.73. The molecule has 3 aromatic rings. The SMILES string of the molecule is COc1ccc(C(CC(=O)NCc2ccc3cc(OC)ccc3c2)NC(C)=O)cc1. The van der Waals surface area contributed by atoms with E-state index in [1.807, 2.05) is 60.7 Å². The first kappa shape index (κ1) is 21.2. The molecule has 0 aromatic heterocycles. The van der Waals surface area contributed by atoms with Crippen molar-refractivity contribution in [1.29, 1.82) is 0 Å². The van der Waals surface area contributed by atoms with Gasteiger partial charge in [0, 0.05) is 13.5 Å². The van der Waals surface area contributed by atoms with E-state index < -0.39 is 6.04 Å². The molecule has 1 atom stereocenters. The highest BCUT2D eigenvalue weighted by Crippen LogP contribution is 2.23. The van der Waals surface area contributed by atoms with Crippen LogP contribution >= 0.6 is 0 Å². The molecule has 2 amide bonds. The number of benzene rings is 3. The molecule has 3 rings (SSSR count). The van der Waals surface area contributed by atoms with Crippen LogP contribution in [0.25, 0.3) is 10.8 Å². The summed E-state index contributed by atoms with van der Waals surface area (Å²) in [6, 6.07) is 18.8. The average molecular weight is 406 g/mol. The smallest absolute Gasteiger partial charge is 0.222 e. The van der Waals surface area contributed by atoms with Crippen molar-refractivity contribution in [2.24, 2.45) is 0 Å². The van der Waals surface area contributed by atoms with Crippen LogP contribution in [0.4, 0.5) is 0 Å². The summed E-state index contributed by atoms with van der Waals surface area (Å²) >= 11 is 0. The van der Waals surface area contributed by atoms with Crippen molar-refractivity contribution < 1.29 is 19.1 Å². The lowest BCUT2D eigenvalue weighted by molar-refractivity contribution is -0.122. The molecule has 0 spiro atoms. The number of amides is 2. The summed E-state index contributed by atoms with van der Waals surface area (Å²) in [5.41, 5.74) is 1.85. The molecule has 0 aliphatic rings. The molecule has 0 saturated carbocycles. The number of rotatable bonds is 8. The maximum absolute atomic E-state index is 12.5. The zero-order valence-electron chi connectivity index (χ0n) is 17.4. The Morgan fingerprint density at radius 1 is 0.867 bits per heavy atom. The molecule has 0 aliphatic carbocycles. The van der Waals surface area contributed by atoms with Crippen LogP contribution in [0, 0.1) is 0 Å². The molecule has 0 fully saturated rings. The summed E-state index contributed by atoms with van der Waals surface area (Å²) in [5, 5.41) is 7.95. The maximum atomic E-state index is 12.5. The van der Waals surface area contributed by atoms with Crippen LogP contribution in [0.2, 0.25) is 0 Å². The number of nitrogens with one attached hydrogen (secondary N) is 2. The Labute approximate surface area is 176 Å². The third kappa shape index (κ3) is 5.50. The monoisotopic (exact) mass is 406 g/mol. The second kappa shape index (κ2) is 9.78. The molecule has 1 unspecified atom stereocenters. The van der Waals surface area contributed by atoms with Gasteiger partial charge in [-0.05, 0) is 52.2 Å². The van der Waals surface area contributed by atoms with Gasteiger partial charge in [0.05, 0.1) is 26.7 Å². The van der Waals surface area contributed by atoms with Crippen molar-refractivity contribution in [3.8, 4) is 11.5 Å². The van der Waals surface area contributed by atoms with Gasteiger partial charge in [0.25, 0.3) is 0 Å². The number of methoxy groups -OCH3 is 2. The van der Waals surface area contributed by atoms with E-state index in [0.717, 1.165) is 33.4 Å². The van der Waals surface area contributed by atoms with Crippen LogP contribution in [-0.2, 0) is 16.1 Å². The molecule has 6 nitrogen and oxygen atoms in total. The summed E-state index contributed by atoms with van der Waals surface area (Å²) in [4.78, 5) is 24.2. The van der Waals surface area contributed by atoms with E-state index in [4.69, 9.17) is 9.47 Å². The number of carbonyl (C=O) groups is 2. The Balaban J connectivity index is 1.64. The van der Waals surface area contributed by atoms with Crippen LogP contribution in [0.15, 0.2) is 60.7 Å². The fourth-order valence-corrected chi connectivity index (χ4v) is 3.30. The lowest BCUT2D eigenvalue weighted by Gasteiger charge is -2.18. The normalized spacial score (nSPS) is 11.6. The lowest BCUT2D eigenvalue weighted by Crippen LogP contribution is -2.32. The van der Waals surface area contributed by atoms with Gasteiger partial charge in [-0.1, -0.05) is 30.3 Å². The van der Waals surface area contributed by atoms with E-state index in [9.17, 15) is 9.59 Å². The number of hydrogen-bond acceptors (Lipinski definition) is 4. The van der Waals surface area contributed by atoms with E-state index in [-0.39, 0.29) is 18.2 Å². The molecule has 0 bridgehead atoms. The molecular weight excluding hydrogens is 380 g/mol. The summed E-state index contributed by atoms with van der Waals surface area (Å²) in [6.07, 6.45) is 0.149. The topological polar surface area (TPSA) is 76.7 Å². The van der Waals surface area contributed by atoms with E-state index in [0.29, 0.717) is 6.54 Å². The van der Waals surface area contributed by atoms with Crippen molar-refractivity contribution in [2.45, 2.75) is 25.9 Å². The second-order valence-corrected chi connectivity index (χ2v) is 7.05. The highest BCUT2D eigenvalue weighted by Gasteiger charge is 2.17. The van der Waals surface area contributed by atoms with Crippen molar-refractivity contribution in [3.05, 3.63) is 71.8 Å². The minimum atomic E-state index is -0.405. The molecule has 0 heterocycles. The molecule has 156 valence electrons. The Hall–Kier alpha value is -3.54. The maximum Gasteiger partial charge on any atom is 0.222 e. The summed E-state index contributed by atoms with van der Waals surface area (Å²) < 4.78 is 10.4.